The second-order valence-electron chi connectivity index (χ2n) is 5.17. The van der Waals surface area contributed by atoms with Crippen molar-refractivity contribution in [3.05, 3.63) is 47.1 Å². The number of hydrogen-bond acceptors (Lipinski definition) is 3. The topological polar surface area (TPSA) is 25.8 Å². The number of halogens is 2. The van der Waals surface area contributed by atoms with E-state index in [2.05, 4.69) is 30.7 Å². The van der Waals surface area contributed by atoms with Crippen LogP contribution in [0.1, 0.15) is 26.3 Å². The van der Waals surface area contributed by atoms with Crippen molar-refractivity contribution in [3.8, 4) is 0 Å². The lowest BCUT2D eigenvalue weighted by Gasteiger charge is -2.19. The van der Waals surface area contributed by atoms with Crippen molar-refractivity contribution in [3.63, 3.8) is 0 Å². The summed E-state index contributed by atoms with van der Waals surface area (Å²) in [6.45, 7) is 6.46. The molecule has 0 aliphatic rings. The van der Waals surface area contributed by atoms with Crippen molar-refractivity contribution in [2.24, 2.45) is 0 Å². The fraction of sp³-hybridized carbons (Fsp3) is 0.286. The predicted octanol–water partition coefficient (Wildman–Crippen LogP) is 4.72. The molecule has 1 aromatic heterocycles. The van der Waals surface area contributed by atoms with Gasteiger partial charge in [0, 0.05) is 4.90 Å². The summed E-state index contributed by atoms with van der Waals surface area (Å²) in [4.78, 5) is 8.39. The van der Waals surface area contributed by atoms with Gasteiger partial charge in [-0.05, 0) is 34.7 Å². The average Bonchev–Trinajstić information content (AvgIpc) is 2.33. The number of hydrogen-bond donors (Lipinski definition) is 0. The maximum absolute atomic E-state index is 13.5. The van der Waals surface area contributed by atoms with Gasteiger partial charge in [-0.2, -0.15) is 0 Å². The molecule has 0 amide bonds. The van der Waals surface area contributed by atoms with Gasteiger partial charge in [-0.15, -0.1) is 0 Å². The van der Waals surface area contributed by atoms with Gasteiger partial charge in [0.2, 0.25) is 5.28 Å². The Balaban J connectivity index is 2.22. The summed E-state index contributed by atoms with van der Waals surface area (Å²) in [7, 11) is 0. The molecule has 0 atom stereocenters. The molecule has 0 bridgehead atoms. The van der Waals surface area contributed by atoms with E-state index in [1.165, 1.54) is 17.3 Å². The van der Waals surface area contributed by atoms with Crippen LogP contribution in [-0.4, -0.2) is 9.97 Å². The van der Waals surface area contributed by atoms with E-state index in [9.17, 15) is 4.39 Å². The molecule has 0 aliphatic heterocycles. The monoisotopic (exact) mass is 296 g/mol. The Morgan fingerprint density at radius 1 is 1.16 bits per heavy atom. The Morgan fingerprint density at radius 2 is 1.79 bits per heavy atom. The largest absolute Gasteiger partial charge is 0.223 e. The highest BCUT2D eigenvalue weighted by Gasteiger charge is 2.14. The van der Waals surface area contributed by atoms with Crippen LogP contribution >= 0.6 is 23.4 Å². The van der Waals surface area contributed by atoms with E-state index < -0.39 is 5.82 Å². The average molecular weight is 297 g/mol. The molecule has 0 spiro atoms. The minimum absolute atomic E-state index is 0.0511. The highest BCUT2D eigenvalue weighted by molar-refractivity contribution is 7.99. The lowest BCUT2D eigenvalue weighted by atomic mass is 9.87. The molecular formula is C14H14ClFN2S. The summed E-state index contributed by atoms with van der Waals surface area (Å²) in [6, 6.07) is 8.01. The van der Waals surface area contributed by atoms with Crippen LogP contribution in [0.3, 0.4) is 0 Å². The molecular weight excluding hydrogens is 283 g/mol. The number of aromatic nitrogens is 2. The predicted molar refractivity (Wildman–Crippen MR) is 76.3 cm³/mol. The summed E-state index contributed by atoms with van der Waals surface area (Å²) < 4.78 is 13.5. The maximum Gasteiger partial charge on any atom is 0.223 e. The van der Waals surface area contributed by atoms with Gasteiger partial charge in [-0.25, -0.2) is 14.4 Å². The fourth-order valence-electron chi connectivity index (χ4n) is 1.54. The first-order chi connectivity index (χ1) is 8.86. The first kappa shape index (κ1) is 14.3. The Kier molecular flexibility index (Phi) is 4.11. The smallest absolute Gasteiger partial charge is 0.223 e. The molecule has 19 heavy (non-hydrogen) atoms. The van der Waals surface area contributed by atoms with Gasteiger partial charge in [0.1, 0.15) is 5.03 Å². The van der Waals surface area contributed by atoms with Gasteiger partial charge in [0.15, 0.2) is 5.82 Å². The number of nitrogens with zero attached hydrogens (tertiary/aromatic N) is 2. The maximum atomic E-state index is 13.5. The Morgan fingerprint density at radius 3 is 2.37 bits per heavy atom. The molecule has 0 N–H and O–H groups in total. The summed E-state index contributed by atoms with van der Waals surface area (Å²) in [6.07, 6.45) is 1.08. The lowest BCUT2D eigenvalue weighted by molar-refractivity contribution is 0.579. The molecule has 1 aromatic carbocycles. The highest BCUT2D eigenvalue weighted by Crippen LogP contribution is 2.30. The molecule has 2 rings (SSSR count). The molecule has 2 aromatic rings. The van der Waals surface area contributed by atoms with E-state index in [1.54, 1.807) is 0 Å². The molecule has 0 saturated heterocycles. The van der Waals surface area contributed by atoms with Crippen molar-refractivity contribution in [2.75, 3.05) is 0 Å². The molecule has 5 heteroatoms. The SMILES string of the molecule is CC(C)(C)c1ccc(Sc2nc(Cl)ncc2F)cc1. The highest BCUT2D eigenvalue weighted by atomic mass is 35.5. The standard InChI is InChI=1S/C14H14ClFN2S/c1-14(2,3)9-4-6-10(7-5-9)19-12-11(16)8-17-13(15)18-12/h4-8H,1-3H3. The van der Waals surface area contributed by atoms with E-state index >= 15 is 0 Å². The molecule has 0 aliphatic carbocycles. The van der Waals surface area contributed by atoms with Gasteiger partial charge in [-0.3, -0.25) is 0 Å². The van der Waals surface area contributed by atoms with Crippen molar-refractivity contribution in [1.29, 1.82) is 0 Å². The number of benzene rings is 1. The van der Waals surface area contributed by atoms with E-state index in [0.29, 0.717) is 0 Å². The second kappa shape index (κ2) is 5.47. The fourth-order valence-corrected chi connectivity index (χ4v) is 2.50. The minimum atomic E-state index is -0.464. The normalized spacial score (nSPS) is 11.6. The zero-order valence-corrected chi connectivity index (χ0v) is 12.5. The van der Waals surface area contributed by atoms with Crippen LogP contribution in [0.15, 0.2) is 40.4 Å². The van der Waals surface area contributed by atoms with Crippen LogP contribution in [0, 0.1) is 5.82 Å². The van der Waals surface area contributed by atoms with E-state index in [0.717, 1.165) is 11.1 Å². The molecule has 2 nitrogen and oxygen atoms in total. The van der Waals surface area contributed by atoms with Crippen molar-refractivity contribution < 1.29 is 4.39 Å². The van der Waals surface area contributed by atoms with Crippen LogP contribution in [-0.2, 0) is 5.41 Å². The Hall–Kier alpha value is -1.13. The van der Waals surface area contributed by atoms with E-state index in [4.69, 9.17) is 11.6 Å². The summed E-state index contributed by atoms with van der Waals surface area (Å²) in [5.41, 5.74) is 1.34. The number of rotatable bonds is 2. The molecule has 0 saturated carbocycles. The van der Waals surface area contributed by atoms with Crippen molar-refractivity contribution in [2.45, 2.75) is 36.1 Å². The zero-order chi connectivity index (χ0) is 14.0. The van der Waals surface area contributed by atoms with E-state index in [1.807, 2.05) is 24.3 Å². The van der Waals surface area contributed by atoms with Crippen LogP contribution in [0.5, 0.6) is 0 Å². The third kappa shape index (κ3) is 3.67. The van der Waals surface area contributed by atoms with Crippen LogP contribution in [0.2, 0.25) is 5.28 Å². The van der Waals surface area contributed by atoms with Gasteiger partial charge in [-0.1, -0.05) is 44.7 Å². The lowest BCUT2D eigenvalue weighted by Crippen LogP contribution is -2.10. The third-order valence-electron chi connectivity index (χ3n) is 2.62. The molecule has 0 fully saturated rings. The summed E-state index contributed by atoms with van der Waals surface area (Å²) in [5.74, 6) is -0.464. The molecule has 0 unspecified atom stereocenters. The molecule has 0 radical (unpaired) electrons. The van der Waals surface area contributed by atoms with Gasteiger partial charge in [0.25, 0.3) is 0 Å². The van der Waals surface area contributed by atoms with E-state index in [-0.39, 0.29) is 15.7 Å². The van der Waals surface area contributed by atoms with Crippen molar-refractivity contribution >= 4 is 23.4 Å². The van der Waals surface area contributed by atoms with Crippen LogP contribution < -0.4 is 0 Å². The molecule has 1 heterocycles. The Labute approximate surface area is 121 Å². The summed E-state index contributed by atoms with van der Waals surface area (Å²) in [5, 5.41) is 0.290. The Bertz CT molecular complexity index is 579. The third-order valence-corrected chi connectivity index (χ3v) is 3.79. The van der Waals surface area contributed by atoms with Gasteiger partial charge in [0.05, 0.1) is 6.20 Å². The van der Waals surface area contributed by atoms with Crippen LogP contribution in [0.25, 0.3) is 0 Å². The second-order valence-corrected chi connectivity index (χ2v) is 6.57. The molecule has 100 valence electrons. The zero-order valence-electron chi connectivity index (χ0n) is 10.9. The van der Waals surface area contributed by atoms with Gasteiger partial charge >= 0.3 is 0 Å². The minimum Gasteiger partial charge on any atom is -0.223 e. The van der Waals surface area contributed by atoms with Crippen LogP contribution in [0.4, 0.5) is 4.39 Å². The first-order valence-corrected chi connectivity index (χ1v) is 7.02. The quantitative estimate of drug-likeness (QED) is 0.592. The first-order valence-electron chi connectivity index (χ1n) is 5.83. The van der Waals surface area contributed by atoms with Crippen molar-refractivity contribution in [1.82, 2.24) is 9.97 Å². The van der Waals surface area contributed by atoms with Gasteiger partial charge < -0.3 is 0 Å². The summed E-state index contributed by atoms with van der Waals surface area (Å²) >= 11 is 6.90.